The topological polar surface area (TPSA) is 70.6 Å². The third-order valence-corrected chi connectivity index (χ3v) is 3.41. The summed E-state index contributed by atoms with van der Waals surface area (Å²) in [4.78, 5) is 11.9. The van der Waals surface area contributed by atoms with Crippen LogP contribution in [0.25, 0.3) is 0 Å². The highest BCUT2D eigenvalue weighted by atomic mass is 16.5. The fraction of sp³-hybridized carbons (Fsp3) is 0.500. The number of carbonyl (C=O) groups is 1. The van der Waals surface area contributed by atoms with Crippen molar-refractivity contribution in [3.8, 4) is 5.75 Å². The standard InChI is InChI=1S/C14H20N2O3/c1-19-13-5-3-2-4-10(13)6-14(18)16-8-11-7-15-9-12(11)17/h2-5,11-12,15,17H,6-9H2,1H3,(H,16,18). The molecule has 1 saturated heterocycles. The van der Waals surface area contributed by atoms with Crippen LogP contribution < -0.4 is 15.4 Å². The quantitative estimate of drug-likeness (QED) is 0.696. The van der Waals surface area contributed by atoms with Gasteiger partial charge in [-0.1, -0.05) is 18.2 Å². The molecule has 1 aliphatic heterocycles. The smallest absolute Gasteiger partial charge is 0.224 e. The first kappa shape index (κ1) is 13.8. The highest BCUT2D eigenvalue weighted by Gasteiger charge is 2.25. The van der Waals surface area contributed by atoms with Crippen LogP contribution in [0.5, 0.6) is 5.75 Å². The SMILES string of the molecule is COc1ccccc1CC(=O)NCC1CNCC1O. The lowest BCUT2D eigenvalue weighted by Crippen LogP contribution is -2.35. The van der Waals surface area contributed by atoms with Crippen LogP contribution in [0.4, 0.5) is 0 Å². The Balaban J connectivity index is 1.84. The van der Waals surface area contributed by atoms with Crippen LogP contribution in [0.2, 0.25) is 0 Å². The molecule has 0 bridgehead atoms. The number of benzene rings is 1. The predicted octanol–water partition coefficient (Wildman–Crippen LogP) is -0.0658. The normalized spacial score (nSPS) is 22.2. The van der Waals surface area contributed by atoms with E-state index in [-0.39, 0.29) is 17.9 Å². The van der Waals surface area contributed by atoms with Crippen LogP contribution >= 0.6 is 0 Å². The van der Waals surface area contributed by atoms with E-state index >= 15 is 0 Å². The molecule has 0 aliphatic carbocycles. The molecule has 5 nitrogen and oxygen atoms in total. The summed E-state index contributed by atoms with van der Waals surface area (Å²) in [6.45, 7) is 1.85. The van der Waals surface area contributed by atoms with E-state index in [2.05, 4.69) is 10.6 Å². The van der Waals surface area contributed by atoms with Gasteiger partial charge in [-0.3, -0.25) is 4.79 Å². The van der Waals surface area contributed by atoms with Gasteiger partial charge in [0.1, 0.15) is 5.75 Å². The lowest BCUT2D eigenvalue weighted by molar-refractivity contribution is -0.120. The lowest BCUT2D eigenvalue weighted by atomic mass is 10.1. The number of nitrogens with one attached hydrogen (secondary N) is 2. The first-order valence-electron chi connectivity index (χ1n) is 6.48. The van der Waals surface area contributed by atoms with Crippen molar-refractivity contribution in [2.75, 3.05) is 26.7 Å². The van der Waals surface area contributed by atoms with Crippen molar-refractivity contribution in [2.24, 2.45) is 5.92 Å². The van der Waals surface area contributed by atoms with E-state index < -0.39 is 0 Å². The Labute approximate surface area is 113 Å². The molecule has 5 heteroatoms. The Hall–Kier alpha value is -1.59. The van der Waals surface area contributed by atoms with Crippen LogP contribution in [0, 0.1) is 5.92 Å². The Morgan fingerprint density at radius 3 is 2.95 bits per heavy atom. The van der Waals surface area contributed by atoms with Crippen molar-refractivity contribution in [3.05, 3.63) is 29.8 Å². The highest BCUT2D eigenvalue weighted by Crippen LogP contribution is 2.17. The summed E-state index contributed by atoms with van der Waals surface area (Å²) in [7, 11) is 1.59. The predicted molar refractivity (Wildman–Crippen MR) is 72.1 cm³/mol. The van der Waals surface area contributed by atoms with Crippen LogP contribution in [0.3, 0.4) is 0 Å². The highest BCUT2D eigenvalue weighted by molar-refractivity contribution is 5.79. The number of aliphatic hydroxyl groups is 1. The van der Waals surface area contributed by atoms with Gasteiger partial charge in [0.15, 0.2) is 0 Å². The molecule has 1 heterocycles. The number of methoxy groups -OCH3 is 1. The number of amides is 1. The third-order valence-electron chi connectivity index (χ3n) is 3.41. The number of β-amino-alcohol motifs (C(OH)–C–C–N with tert-alkyl or cyclic N) is 1. The lowest BCUT2D eigenvalue weighted by Gasteiger charge is -2.14. The van der Waals surface area contributed by atoms with Gasteiger partial charge in [-0.25, -0.2) is 0 Å². The second kappa shape index (κ2) is 6.54. The molecular weight excluding hydrogens is 244 g/mol. The Kier molecular flexibility index (Phi) is 4.76. The van der Waals surface area contributed by atoms with E-state index in [0.29, 0.717) is 19.5 Å². The molecule has 2 unspecified atom stereocenters. The minimum atomic E-state index is -0.369. The van der Waals surface area contributed by atoms with E-state index in [1.54, 1.807) is 7.11 Å². The molecule has 1 aromatic carbocycles. The summed E-state index contributed by atoms with van der Waals surface area (Å²) in [6, 6.07) is 7.48. The summed E-state index contributed by atoms with van der Waals surface area (Å²) >= 11 is 0. The molecule has 3 N–H and O–H groups in total. The summed E-state index contributed by atoms with van der Waals surface area (Å²) in [5.74, 6) is 0.769. The summed E-state index contributed by atoms with van der Waals surface area (Å²) < 4.78 is 5.21. The molecule has 2 rings (SSSR count). The van der Waals surface area contributed by atoms with Gasteiger partial charge in [0.25, 0.3) is 0 Å². The van der Waals surface area contributed by atoms with Crippen molar-refractivity contribution in [1.29, 1.82) is 0 Å². The third kappa shape index (κ3) is 3.68. The van der Waals surface area contributed by atoms with Gasteiger partial charge in [-0.2, -0.15) is 0 Å². The Morgan fingerprint density at radius 1 is 1.47 bits per heavy atom. The molecule has 2 atom stereocenters. The fourth-order valence-corrected chi connectivity index (χ4v) is 2.26. The second-order valence-corrected chi connectivity index (χ2v) is 4.78. The zero-order chi connectivity index (χ0) is 13.7. The van der Waals surface area contributed by atoms with Crippen LogP contribution in [-0.2, 0) is 11.2 Å². The van der Waals surface area contributed by atoms with Crippen molar-refractivity contribution in [2.45, 2.75) is 12.5 Å². The number of aliphatic hydroxyl groups excluding tert-OH is 1. The maximum Gasteiger partial charge on any atom is 0.224 e. The second-order valence-electron chi connectivity index (χ2n) is 4.78. The minimum Gasteiger partial charge on any atom is -0.496 e. The molecule has 1 amide bonds. The molecular formula is C14H20N2O3. The average Bonchev–Trinajstić information content (AvgIpc) is 2.82. The van der Waals surface area contributed by atoms with Crippen molar-refractivity contribution >= 4 is 5.91 Å². The van der Waals surface area contributed by atoms with Crippen LogP contribution in [-0.4, -0.2) is 43.9 Å². The van der Waals surface area contributed by atoms with E-state index in [4.69, 9.17) is 4.74 Å². The number of hydrogen-bond donors (Lipinski definition) is 3. The molecule has 0 aromatic heterocycles. The van der Waals surface area contributed by atoms with E-state index in [1.807, 2.05) is 24.3 Å². The summed E-state index contributed by atoms with van der Waals surface area (Å²) in [5, 5.41) is 15.6. The molecule has 104 valence electrons. The van der Waals surface area contributed by atoms with E-state index in [9.17, 15) is 9.90 Å². The van der Waals surface area contributed by atoms with Gasteiger partial charge >= 0.3 is 0 Å². The molecule has 1 aliphatic rings. The first-order chi connectivity index (χ1) is 9.20. The van der Waals surface area contributed by atoms with E-state index in [0.717, 1.165) is 17.9 Å². The van der Waals surface area contributed by atoms with E-state index in [1.165, 1.54) is 0 Å². The van der Waals surface area contributed by atoms with Gasteiger partial charge in [-0.15, -0.1) is 0 Å². The summed E-state index contributed by atoms with van der Waals surface area (Å²) in [6.07, 6.45) is -0.0770. The molecule has 1 fully saturated rings. The number of ether oxygens (including phenoxy) is 1. The molecule has 0 radical (unpaired) electrons. The molecule has 1 aromatic rings. The number of rotatable bonds is 5. The van der Waals surface area contributed by atoms with Gasteiger partial charge in [0.05, 0.1) is 19.6 Å². The van der Waals surface area contributed by atoms with Gasteiger partial charge in [-0.05, 0) is 6.07 Å². The Bertz CT molecular complexity index is 436. The average molecular weight is 264 g/mol. The maximum atomic E-state index is 11.9. The van der Waals surface area contributed by atoms with Crippen molar-refractivity contribution in [3.63, 3.8) is 0 Å². The van der Waals surface area contributed by atoms with Crippen LogP contribution in [0.15, 0.2) is 24.3 Å². The molecule has 19 heavy (non-hydrogen) atoms. The summed E-state index contributed by atoms with van der Waals surface area (Å²) in [5.41, 5.74) is 0.868. The first-order valence-corrected chi connectivity index (χ1v) is 6.48. The Morgan fingerprint density at radius 2 is 2.26 bits per heavy atom. The van der Waals surface area contributed by atoms with Crippen molar-refractivity contribution in [1.82, 2.24) is 10.6 Å². The van der Waals surface area contributed by atoms with Gasteiger partial charge < -0.3 is 20.5 Å². The van der Waals surface area contributed by atoms with Gasteiger partial charge in [0, 0.05) is 31.1 Å². The largest absolute Gasteiger partial charge is 0.496 e. The molecule has 0 spiro atoms. The monoisotopic (exact) mass is 264 g/mol. The molecule has 0 saturated carbocycles. The minimum absolute atomic E-state index is 0.0522. The fourth-order valence-electron chi connectivity index (χ4n) is 2.26. The van der Waals surface area contributed by atoms with Crippen LogP contribution in [0.1, 0.15) is 5.56 Å². The zero-order valence-electron chi connectivity index (χ0n) is 11.1. The number of hydrogen-bond acceptors (Lipinski definition) is 4. The number of para-hydroxylation sites is 1. The van der Waals surface area contributed by atoms with Crippen molar-refractivity contribution < 1.29 is 14.6 Å². The van der Waals surface area contributed by atoms with Gasteiger partial charge in [0.2, 0.25) is 5.91 Å². The zero-order valence-corrected chi connectivity index (χ0v) is 11.1. The maximum absolute atomic E-state index is 11.9. The number of carbonyl (C=O) groups excluding carboxylic acids is 1.